The van der Waals surface area contributed by atoms with Gasteiger partial charge in [0.2, 0.25) is 0 Å². The summed E-state index contributed by atoms with van der Waals surface area (Å²) in [5.41, 5.74) is 4.38. The van der Waals surface area contributed by atoms with Gasteiger partial charge in [0.05, 0.1) is 29.6 Å². The molecule has 0 saturated heterocycles. The van der Waals surface area contributed by atoms with Crippen LogP contribution in [0.15, 0.2) is 96.0 Å². The summed E-state index contributed by atoms with van der Waals surface area (Å²) >= 11 is 0. The van der Waals surface area contributed by atoms with E-state index in [4.69, 9.17) is 10.5 Å². The molecule has 0 spiro atoms. The predicted molar refractivity (Wildman–Crippen MR) is 158 cm³/mol. The average molecular weight is 628 g/mol. The quantitative estimate of drug-likeness (QED) is 0.122. The van der Waals surface area contributed by atoms with Crippen LogP contribution >= 0.6 is 0 Å². The number of methoxy groups -OCH3 is 1. The fraction of sp³-hybridized carbons (Fsp3) is 0.182. The van der Waals surface area contributed by atoms with Crippen LogP contribution < -0.4 is 15.8 Å². The Morgan fingerprint density at radius 1 is 0.778 bits per heavy atom. The summed E-state index contributed by atoms with van der Waals surface area (Å²) in [4.78, 5) is 30.3. The van der Waals surface area contributed by atoms with Crippen LogP contribution in [-0.2, 0) is 23.6 Å². The average Bonchev–Trinajstić information content (AvgIpc) is 2.99. The topological polar surface area (TPSA) is 93.8 Å². The zero-order valence-corrected chi connectivity index (χ0v) is 24.0. The van der Waals surface area contributed by atoms with E-state index in [-0.39, 0.29) is 35.2 Å². The van der Waals surface area contributed by atoms with E-state index in [1.807, 2.05) is 42.5 Å². The smallest absolute Gasteiger partial charge is 0.416 e. The number of nitrogens with two attached hydrogens (primary N) is 1. The molecule has 12 heteroatoms. The van der Waals surface area contributed by atoms with Gasteiger partial charge < -0.3 is 15.8 Å². The van der Waals surface area contributed by atoms with E-state index >= 15 is 0 Å². The van der Waals surface area contributed by atoms with Crippen molar-refractivity contribution in [1.82, 2.24) is 5.32 Å². The Morgan fingerprint density at radius 3 is 1.87 bits per heavy atom. The Balaban J connectivity index is 1.68. The van der Waals surface area contributed by atoms with E-state index in [1.54, 1.807) is 12.1 Å². The van der Waals surface area contributed by atoms with Crippen molar-refractivity contribution in [3.63, 3.8) is 0 Å². The highest BCUT2D eigenvalue weighted by Crippen LogP contribution is 2.39. The second-order valence-corrected chi connectivity index (χ2v) is 10.1. The minimum atomic E-state index is -5.06. The van der Waals surface area contributed by atoms with Crippen LogP contribution in [0.2, 0.25) is 0 Å². The number of carbonyl (C=O) groups excluding carboxylic acids is 2. The first-order chi connectivity index (χ1) is 21.2. The lowest BCUT2D eigenvalue weighted by atomic mass is 9.97. The Kier molecular flexibility index (Phi) is 9.65. The molecule has 0 fully saturated rings. The Bertz CT molecular complexity index is 1680. The van der Waals surface area contributed by atoms with Crippen LogP contribution in [0.3, 0.4) is 0 Å². The van der Waals surface area contributed by atoms with Crippen LogP contribution in [-0.4, -0.2) is 30.8 Å². The van der Waals surface area contributed by atoms with Gasteiger partial charge in [-0.2, -0.15) is 31.3 Å². The first kappa shape index (κ1) is 32.8. The third-order valence-corrected chi connectivity index (χ3v) is 6.76. The number of aliphatic imine (C=N–C) groups is 1. The number of hydrogen-bond acceptors (Lipinski definition) is 3. The zero-order chi connectivity index (χ0) is 32.9. The van der Waals surface area contributed by atoms with E-state index in [2.05, 4.69) is 10.3 Å². The summed E-state index contributed by atoms with van der Waals surface area (Å²) < 4.78 is 86.1. The summed E-state index contributed by atoms with van der Waals surface area (Å²) in [5.74, 6) is -1.72. The van der Waals surface area contributed by atoms with E-state index in [1.165, 1.54) is 26.2 Å². The number of halogens is 6. The minimum absolute atomic E-state index is 0.000992. The maximum Gasteiger partial charge on any atom is 0.416 e. The Hall–Kier alpha value is -5.13. The van der Waals surface area contributed by atoms with E-state index in [0.717, 1.165) is 17.2 Å². The highest BCUT2D eigenvalue weighted by Gasteiger charge is 2.37. The first-order valence-corrected chi connectivity index (χ1v) is 13.4. The number of ether oxygens (including phenoxy) is 1. The molecule has 0 heterocycles. The van der Waals surface area contributed by atoms with Gasteiger partial charge in [-0.25, -0.2) is 0 Å². The lowest BCUT2D eigenvalue weighted by molar-refractivity contribution is -0.143. The number of rotatable bonds is 8. The van der Waals surface area contributed by atoms with Crippen molar-refractivity contribution in [2.45, 2.75) is 31.7 Å². The van der Waals surface area contributed by atoms with Crippen molar-refractivity contribution in [2.75, 3.05) is 7.11 Å². The molecule has 6 nitrogen and oxygen atoms in total. The van der Waals surface area contributed by atoms with Gasteiger partial charge in [-0.05, 0) is 65.1 Å². The van der Waals surface area contributed by atoms with E-state index < -0.39 is 46.9 Å². The molecular formula is C33H27F6N3O3. The fourth-order valence-electron chi connectivity index (χ4n) is 4.57. The van der Waals surface area contributed by atoms with Gasteiger partial charge in [-0.3, -0.25) is 9.59 Å². The Labute approximate surface area is 254 Å². The monoisotopic (exact) mass is 627 g/mol. The molecule has 2 amide bonds. The van der Waals surface area contributed by atoms with Crippen molar-refractivity contribution in [1.29, 1.82) is 0 Å². The maximum atomic E-state index is 13.5. The van der Waals surface area contributed by atoms with Crippen LogP contribution in [0, 0.1) is 0 Å². The summed E-state index contributed by atoms with van der Waals surface area (Å²) in [7, 11) is 1.23. The second-order valence-electron chi connectivity index (χ2n) is 10.1. The molecule has 0 saturated carbocycles. The summed E-state index contributed by atoms with van der Waals surface area (Å²) in [6, 6.07) is 20.3. The molecular weight excluding hydrogens is 600 g/mol. The number of benzene rings is 4. The number of nitrogens with one attached hydrogen (secondary N) is 1. The van der Waals surface area contributed by atoms with Crippen LogP contribution in [0.25, 0.3) is 22.3 Å². The SMILES string of the molecule is COc1ccc(-c2cc(C(F)(F)F)cc(C(F)(F)F)c2)cc1C(=O)NC(Cc1ccc(-c2ccccc2)cc1)C(=O)N=C(C)N. The molecule has 0 bridgehead atoms. The number of nitrogens with zero attached hydrogens (tertiary/aromatic N) is 1. The number of alkyl halides is 6. The van der Waals surface area contributed by atoms with Gasteiger partial charge in [0.15, 0.2) is 0 Å². The van der Waals surface area contributed by atoms with Crippen LogP contribution in [0.5, 0.6) is 5.75 Å². The molecule has 45 heavy (non-hydrogen) atoms. The van der Waals surface area contributed by atoms with Gasteiger partial charge in [-0.15, -0.1) is 0 Å². The third kappa shape index (κ3) is 8.28. The molecule has 0 aliphatic rings. The molecule has 4 aromatic rings. The molecule has 234 valence electrons. The lowest BCUT2D eigenvalue weighted by Gasteiger charge is -2.18. The molecule has 1 unspecified atom stereocenters. The lowest BCUT2D eigenvalue weighted by Crippen LogP contribution is -2.42. The summed E-state index contributed by atoms with van der Waals surface area (Å²) in [6.45, 7) is 1.39. The molecule has 0 radical (unpaired) electrons. The molecule has 0 aliphatic carbocycles. The third-order valence-electron chi connectivity index (χ3n) is 6.76. The van der Waals surface area contributed by atoms with E-state index in [9.17, 15) is 35.9 Å². The second kappa shape index (κ2) is 13.2. The largest absolute Gasteiger partial charge is 0.496 e. The Morgan fingerprint density at radius 2 is 1.33 bits per heavy atom. The van der Waals surface area contributed by atoms with Crippen molar-refractivity contribution in [3.8, 4) is 28.0 Å². The molecule has 4 rings (SSSR count). The minimum Gasteiger partial charge on any atom is -0.496 e. The molecule has 3 N–H and O–H groups in total. The van der Waals surface area contributed by atoms with Gasteiger partial charge in [0.25, 0.3) is 11.8 Å². The molecule has 4 aromatic carbocycles. The first-order valence-electron chi connectivity index (χ1n) is 13.4. The van der Waals surface area contributed by atoms with Crippen molar-refractivity contribution in [3.05, 3.63) is 113 Å². The van der Waals surface area contributed by atoms with Gasteiger partial charge in [-0.1, -0.05) is 60.7 Å². The zero-order valence-electron chi connectivity index (χ0n) is 24.0. The normalized spacial score (nSPS) is 12.8. The molecule has 0 aromatic heterocycles. The highest BCUT2D eigenvalue weighted by molar-refractivity contribution is 6.02. The van der Waals surface area contributed by atoms with E-state index in [0.29, 0.717) is 17.7 Å². The van der Waals surface area contributed by atoms with Gasteiger partial charge in [0, 0.05) is 6.42 Å². The van der Waals surface area contributed by atoms with Gasteiger partial charge >= 0.3 is 12.4 Å². The van der Waals surface area contributed by atoms with Crippen molar-refractivity contribution in [2.24, 2.45) is 10.7 Å². The van der Waals surface area contributed by atoms with Gasteiger partial charge in [0.1, 0.15) is 11.8 Å². The highest BCUT2D eigenvalue weighted by atomic mass is 19.4. The van der Waals surface area contributed by atoms with Crippen molar-refractivity contribution >= 4 is 17.6 Å². The number of amides is 2. The van der Waals surface area contributed by atoms with Crippen LogP contribution in [0.1, 0.15) is 34.0 Å². The number of hydrogen-bond donors (Lipinski definition) is 2. The summed E-state index contributed by atoms with van der Waals surface area (Å²) in [6.07, 6.45) is -10.1. The van der Waals surface area contributed by atoms with Crippen LogP contribution in [0.4, 0.5) is 26.3 Å². The molecule has 1 atom stereocenters. The fourth-order valence-corrected chi connectivity index (χ4v) is 4.57. The maximum absolute atomic E-state index is 13.5. The predicted octanol–water partition coefficient (Wildman–Crippen LogP) is 7.31. The van der Waals surface area contributed by atoms with Crippen molar-refractivity contribution < 1.29 is 40.7 Å². The standard InChI is InChI=1S/C33H27F6N3O3/c1-19(40)41-31(44)28(14-20-8-10-22(11-9-20)21-6-4-3-5-7-21)42-30(43)27-17-23(12-13-29(27)45-2)24-15-25(32(34,35)36)18-26(16-24)33(37,38)39/h3-13,15-18,28H,14H2,1-2H3,(H,42,43)(H2,40,41,44). The number of carbonyl (C=O) groups is 2. The molecule has 0 aliphatic heterocycles. The summed E-state index contributed by atoms with van der Waals surface area (Å²) in [5, 5.41) is 2.57. The number of amidine groups is 1.